The molecule has 1 amide bonds. The average molecular weight is 277 g/mol. The second-order valence-corrected chi connectivity index (χ2v) is 5.21. The van der Waals surface area contributed by atoms with E-state index >= 15 is 0 Å². The van der Waals surface area contributed by atoms with Crippen LogP contribution in [0.2, 0.25) is 0 Å². The molecule has 0 spiro atoms. The number of methoxy groups -OCH3 is 1. The maximum absolute atomic E-state index is 12.0. The van der Waals surface area contributed by atoms with Gasteiger partial charge in [0.1, 0.15) is 0 Å². The Hall–Kier alpha value is -1.88. The van der Waals surface area contributed by atoms with Gasteiger partial charge >= 0.3 is 5.97 Å². The fourth-order valence-electron chi connectivity index (χ4n) is 2.74. The van der Waals surface area contributed by atoms with E-state index in [0.29, 0.717) is 18.5 Å². The summed E-state index contributed by atoms with van der Waals surface area (Å²) >= 11 is 0. The highest BCUT2D eigenvalue weighted by Crippen LogP contribution is 2.31. The first-order valence-electron chi connectivity index (χ1n) is 6.58. The molecular weight excluding hydrogens is 258 g/mol. The highest BCUT2D eigenvalue weighted by Gasteiger charge is 2.31. The van der Waals surface area contributed by atoms with Crippen molar-refractivity contribution in [1.82, 2.24) is 0 Å². The minimum absolute atomic E-state index is 0.0124. The zero-order valence-electron chi connectivity index (χ0n) is 12.0. The summed E-state index contributed by atoms with van der Waals surface area (Å²) in [6.45, 7) is 4.28. The first kappa shape index (κ1) is 14.5. The summed E-state index contributed by atoms with van der Waals surface area (Å²) in [5, 5.41) is 9.20. The largest absolute Gasteiger partial charge is 0.465 e. The van der Waals surface area contributed by atoms with Crippen LogP contribution < -0.4 is 4.90 Å². The molecule has 1 aromatic carbocycles. The number of aryl methyl sites for hydroxylation is 2. The quantitative estimate of drug-likeness (QED) is 0.849. The molecule has 20 heavy (non-hydrogen) atoms. The lowest BCUT2D eigenvalue weighted by molar-refractivity contribution is -0.117. The average Bonchev–Trinajstić information content (AvgIpc) is 2.78. The highest BCUT2D eigenvalue weighted by molar-refractivity contribution is 5.98. The molecule has 0 saturated carbocycles. The van der Waals surface area contributed by atoms with E-state index in [1.807, 2.05) is 13.8 Å². The Labute approximate surface area is 118 Å². The maximum Gasteiger partial charge on any atom is 0.337 e. The SMILES string of the molecule is COC(=O)c1cc(C)c(N2CC(CO)CC2=O)c(C)c1. The predicted molar refractivity (Wildman–Crippen MR) is 74.8 cm³/mol. The fourth-order valence-corrected chi connectivity index (χ4v) is 2.74. The number of hydrogen-bond acceptors (Lipinski definition) is 4. The van der Waals surface area contributed by atoms with Gasteiger partial charge in [0.2, 0.25) is 5.91 Å². The van der Waals surface area contributed by atoms with Crippen molar-refractivity contribution in [3.05, 3.63) is 28.8 Å². The molecule has 1 aromatic rings. The molecule has 1 aliphatic rings. The lowest BCUT2D eigenvalue weighted by Crippen LogP contribution is -2.26. The number of carbonyl (C=O) groups excluding carboxylic acids is 2. The van der Waals surface area contributed by atoms with Crippen LogP contribution in [0.3, 0.4) is 0 Å². The first-order chi connectivity index (χ1) is 9.47. The van der Waals surface area contributed by atoms with Crippen molar-refractivity contribution in [1.29, 1.82) is 0 Å². The molecule has 5 nitrogen and oxygen atoms in total. The van der Waals surface area contributed by atoms with Crippen molar-refractivity contribution in [2.45, 2.75) is 20.3 Å². The van der Waals surface area contributed by atoms with Crippen LogP contribution in [-0.2, 0) is 9.53 Å². The number of rotatable bonds is 3. The van der Waals surface area contributed by atoms with E-state index in [9.17, 15) is 14.7 Å². The number of hydrogen-bond donors (Lipinski definition) is 1. The molecule has 2 rings (SSSR count). The molecular formula is C15H19NO4. The van der Waals surface area contributed by atoms with Gasteiger partial charge in [0.25, 0.3) is 0 Å². The van der Waals surface area contributed by atoms with Crippen LogP contribution in [0.4, 0.5) is 5.69 Å². The van der Waals surface area contributed by atoms with E-state index in [4.69, 9.17) is 4.74 Å². The summed E-state index contributed by atoms with van der Waals surface area (Å²) in [6.07, 6.45) is 0.369. The number of carbonyl (C=O) groups is 2. The third kappa shape index (κ3) is 2.54. The van der Waals surface area contributed by atoms with Gasteiger partial charge in [-0.05, 0) is 37.1 Å². The van der Waals surface area contributed by atoms with E-state index in [2.05, 4.69) is 0 Å². The molecule has 0 aliphatic carbocycles. The molecule has 0 bridgehead atoms. The second kappa shape index (κ2) is 5.63. The molecule has 1 saturated heterocycles. The van der Waals surface area contributed by atoms with Gasteiger partial charge in [-0.3, -0.25) is 4.79 Å². The van der Waals surface area contributed by atoms with Gasteiger partial charge in [-0.25, -0.2) is 4.79 Å². The number of nitrogens with zero attached hydrogens (tertiary/aromatic N) is 1. The van der Waals surface area contributed by atoms with Gasteiger partial charge in [0, 0.05) is 31.2 Å². The second-order valence-electron chi connectivity index (χ2n) is 5.21. The number of aliphatic hydroxyl groups is 1. The number of ether oxygens (including phenoxy) is 1. The monoisotopic (exact) mass is 277 g/mol. The maximum atomic E-state index is 12.0. The molecule has 0 radical (unpaired) electrons. The van der Waals surface area contributed by atoms with Crippen molar-refractivity contribution >= 4 is 17.6 Å². The number of amides is 1. The van der Waals surface area contributed by atoms with Gasteiger partial charge in [0.05, 0.1) is 12.7 Å². The number of benzene rings is 1. The normalized spacial score (nSPS) is 18.5. The molecule has 0 aromatic heterocycles. The minimum Gasteiger partial charge on any atom is -0.465 e. The Morgan fingerprint density at radius 1 is 1.40 bits per heavy atom. The molecule has 108 valence electrons. The summed E-state index contributed by atoms with van der Waals surface area (Å²) in [5.74, 6) is -0.383. The van der Waals surface area contributed by atoms with Crippen LogP contribution in [-0.4, -0.2) is 37.2 Å². The summed E-state index contributed by atoms with van der Waals surface area (Å²) in [6, 6.07) is 3.46. The highest BCUT2D eigenvalue weighted by atomic mass is 16.5. The third-order valence-electron chi connectivity index (χ3n) is 3.65. The molecule has 1 unspecified atom stereocenters. The topological polar surface area (TPSA) is 66.8 Å². The number of esters is 1. The van der Waals surface area contributed by atoms with E-state index in [-0.39, 0.29) is 24.4 Å². The first-order valence-corrected chi connectivity index (χ1v) is 6.58. The van der Waals surface area contributed by atoms with Crippen LogP contribution in [0.15, 0.2) is 12.1 Å². The van der Waals surface area contributed by atoms with Crippen LogP contribution >= 0.6 is 0 Å². The third-order valence-corrected chi connectivity index (χ3v) is 3.65. The zero-order valence-corrected chi connectivity index (χ0v) is 12.0. The molecule has 5 heteroatoms. The lowest BCUT2D eigenvalue weighted by Gasteiger charge is -2.22. The van der Waals surface area contributed by atoms with Gasteiger partial charge < -0.3 is 14.7 Å². The molecule has 1 aliphatic heterocycles. The summed E-state index contributed by atoms with van der Waals surface area (Å²) in [5.41, 5.74) is 3.03. The van der Waals surface area contributed by atoms with Crippen LogP contribution in [0.5, 0.6) is 0 Å². The Bertz CT molecular complexity index is 530. The summed E-state index contributed by atoms with van der Waals surface area (Å²) in [4.78, 5) is 25.3. The van der Waals surface area contributed by atoms with Gasteiger partial charge in [-0.15, -0.1) is 0 Å². The van der Waals surface area contributed by atoms with Gasteiger partial charge in [-0.2, -0.15) is 0 Å². The summed E-state index contributed by atoms with van der Waals surface area (Å²) < 4.78 is 4.71. The zero-order chi connectivity index (χ0) is 14.9. The Morgan fingerprint density at radius 2 is 2.00 bits per heavy atom. The van der Waals surface area contributed by atoms with Crippen LogP contribution in [0, 0.1) is 19.8 Å². The number of aliphatic hydroxyl groups excluding tert-OH is 1. The van der Waals surface area contributed by atoms with Crippen LogP contribution in [0.25, 0.3) is 0 Å². The molecule has 1 N–H and O–H groups in total. The minimum atomic E-state index is -0.385. The van der Waals surface area contributed by atoms with E-state index in [0.717, 1.165) is 16.8 Å². The standard InChI is InChI=1S/C15H19NO4/c1-9-4-12(15(19)20-3)5-10(2)14(9)16-7-11(8-17)6-13(16)18/h4-5,11,17H,6-8H2,1-3H3. The van der Waals surface area contributed by atoms with Crippen molar-refractivity contribution < 1.29 is 19.4 Å². The summed E-state index contributed by atoms with van der Waals surface area (Å²) in [7, 11) is 1.34. The smallest absolute Gasteiger partial charge is 0.337 e. The molecule has 1 heterocycles. The number of anilines is 1. The Balaban J connectivity index is 2.38. The Kier molecular flexibility index (Phi) is 4.09. The molecule has 1 fully saturated rings. The van der Waals surface area contributed by atoms with Crippen LogP contribution in [0.1, 0.15) is 27.9 Å². The molecule has 1 atom stereocenters. The van der Waals surface area contributed by atoms with Crippen molar-refractivity contribution in [3.8, 4) is 0 Å². The van der Waals surface area contributed by atoms with E-state index < -0.39 is 0 Å². The Morgan fingerprint density at radius 3 is 2.45 bits per heavy atom. The van der Waals surface area contributed by atoms with Crippen molar-refractivity contribution in [2.24, 2.45) is 5.92 Å². The van der Waals surface area contributed by atoms with Crippen molar-refractivity contribution in [3.63, 3.8) is 0 Å². The van der Waals surface area contributed by atoms with E-state index in [1.165, 1.54) is 7.11 Å². The van der Waals surface area contributed by atoms with Crippen molar-refractivity contribution in [2.75, 3.05) is 25.2 Å². The predicted octanol–water partition coefficient (Wildman–Crippen LogP) is 1.44. The lowest BCUT2D eigenvalue weighted by atomic mass is 10.0. The fraction of sp³-hybridized carbons (Fsp3) is 0.467. The van der Waals surface area contributed by atoms with E-state index in [1.54, 1.807) is 17.0 Å². The van der Waals surface area contributed by atoms with Gasteiger partial charge in [0.15, 0.2) is 0 Å². The van der Waals surface area contributed by atoms with Gasteiger partial charge in [-0.1, -0.05) is 0 Å².